The summed E-state index contributed by atoms with van der Waals surface area (Å²) in [5, 5.41) is 6.40. The Morgan fingerprint density at radius 1 is 1.41 bits per heavy atom. The van der Waals surface area contributed by atoms with Crippen LogP contribution in [-0.4, -0.2) is 12.1 Å². The smallest absolute Gasteiger partial charge is 0.319 e. The molecule has 2 unspecified atom stereocenters. The summed E-state index contributed by atoms with van der Waals surface area (Å²) in [4.78, 5) is 11.7. The Morgan fingerprint density at radius 3 is 2.88 bits per heavy atom. The first-order chi connectivity index (χ1) is 8.13. The zero-order valence-corrected chi connectivity index (χ0v) is 10.6. The molecule has 0 saturated heterocycles. The summed E-state index contributed by atoms with van der Waals surface area (Å²) in [5.74, 6) is 0.714. The number of halogens is 1. The van der Waals surface area contributed by atoms with Crippen LogP contribution in [-0.2, 0) is 0 Å². The number of nitrogens with one attached hydrogen (secondary N) is 2. The maximum atomic E-state index is 11.7. The van der Waals surface area contributed by atoms with Crippen molar-refractivity contribution in [3.8, 4) is 0 Å². The van der Waals surface area contributed by atoms with Gasteiger partial charge in [-0.05, 0) is 43.4 Å². The Hall–Kier alpha value is -1.22. The zero-order valence-electron chi connectivity index (χ0n) is 9.87. The highest BCUT2D eigenvalue weighted by atomic mass is 35.5. The summed E-state index contributed by atoms with van der Waals surface area (Å²) in [5.41, 5.74) is 0.723. The van der Waals surface area contributed by atoms with Gasteiger partial charge < -0.3 is 10.6 Å². The average molecular weight is 253 g/mol. The van der Waals surface area contributed by atoms with Gasteiger partial charge in [-0.2, -0.15) is 0 Å². The Labute approximate surface area is 107 Å². The van der Waals surface area contributed by atoms with Crippen molar-refractivity contribution in [1.82, 2.24) is 5.32 Å². The second kappa shape index (κ2) is 5.41. The van der Waals surface area contributed by atoms with Crippen LogP contribution in [0.5, 0.6) is 0 Å². The molecule has 0 heterocycles. The fraction of sp³-hybridized carbons (Fsp3) is 0.462. The molecule has 2 atom stereocenters. The number of rotatable bonds is 2. The first-order valence-corrected chi connectivity index (χ1v) is 6.34. The zero-order chi connectivity index (χ0) is 12.3. The lowest BCUT2D eigenvalue weighted by Crippen LogP contribution is -2.36. The van der Waals surface area contributed by atoms with Crippen molar-refractivity contribution in [2.45, 2.75) is 32.2 Å². The molecular formula is C13H17ClN2O. The number of urea groups is 1. The van der Waals surface area contributed by atoms with Crippen molar-refractivity contribution >= 4 is 23.3 Å². The van der Waals surface area contributed by atoms with Crippen LogP contribution in [0.1, 0.15) is 26.2 Å². The Bertz CT molecular complexity index is 408. The minimum absolute atomic E-state index is 0.147. The minimum Gasteiger partial charge on any atom is -0.335 e. The number of anilines is 1. The first kappa shape index (κ1) is 12.2. The van der Waals surface area contributed by atoms with Crippen LogP contribution in [0.15, 0.2) is 24.3 Å². The van der Waals surface area contributed by atoms with E-state index in [-0.39, 0.29) is 6.03 Å². The van der Waals surface area contributed by atoms with Crippen molar-refractivity contribution in [3.05, 3.63) is 29.3 Å². The van der Waals surface area contributed by atoms with Gasteiger partial charge in [0.25, 0.3) is 0 Å². The molecule has 0 aliphatic heterocycles. The summed E-state index contributed by atoms with van der Waals surface area (Å²) in [6, 6.07) is 7.32. The molecule has 17 heavy (non-hydrogen) atoms. The second-order valence-corrected chi connectivity index (χ2v) is 5.16. The number of hydrogen-bond donors (Lipinski definition) is 2. The van der Waals surface area contributed by atoms with E-state index in [9.17, 15) is 4.79 Å². The predicted octanol–water partition coefficient (Wildman–Crippen LogP) is 3.65. The van der Waals surface area contributed by atoms with Gasteiger partial charge >= 0.3 is 6.03 Å². The molecule has 1 aliphatic rings. The van der Waals surface area contributed by atoms with E-state index in [4.69, 9.17) is 11.6 Å². The van der Waals surface area contributed by atoms with Crippen LogP contribution >= 0.6 is 11.6 Å². The summed E-state index contributed by atoms with van der Waals surface area (Å²) in [6.07, 6.45) is 3.34. The summed E-state index contributed by atoms with van der Waals surface area (Å²) in [6.45, 7) is 2.22. The fourth-order valence-electron chi connectivity index (χ4n) is 2.26. The molecule has 2 amide bonds. The molecule has 1 aromatic carbocycles. The van der Waals surface area contributed by atoms with Crippen LogP contribution in [0.2, 0.25) is 5.02 Å². The average Bonchev–Trinajstić information content (AvgIpc) is 2.63. The minimum atomic E-state index is -0.147. The summed E-state index contributed by atoms with van der Waals surface area (Å²) >= 11 is 5.85. The van der Waals surface area contributed by atoms with E-state index in [0.29, 0.717) is 17.0 Å². The van der Waals surface area contributed by atoms with Gasteiger partial charge in [0.2, 0.25) is 0 Å². The van der Waals surface area contributed by atoms with Crippen molar-refractivity contribution in [3.63, 3.8) is 0 Å². The van der Waals surface area contributed by atoms with E-state index in [1.165, 1.54) is 6.42 Å². The van der Waals surface area contributed by atoms with Crippen molar-refractivity contribution in [2.24, 2.45) is 5.92 Å². The highest BCUT2D eigenvalue weighted by Gasteiger charge is 2.22. The Kier molecular flexibility index (Phi) is 3.89. The normalized spacial score (nSPS) is 23.4. The third kappa shape index (κ3) is 3.63. The van der Waals surface area contributed by atoms with Gasteiger partial charge in [-0.25, -0.2) is 4.79 Å². The van der Waals surface area contributed by atoms with Gasteiger partial charge in [-0.1, -0.05) is 24.6 Å². The second-order valence-electron chi connectivity index (χ2n) is 4.72. The highest BCUT2D eigenvalue weighted by molar-refractivity contribution is 6.30. The number of benzene rings is 1. The van der Waals surface area contributed by atoms with Crippen LogP contribution in [0, 0.1) is 5.92 Å². The molecule has 0 bridgehead atoms. The van der Waals surface area contributed by atoms with Crippen LogP contribution < -0.4 is 10.6 Å². The van der Waals surface area contributed by atoms with E-state index >= 15 is 0 Å². The topological polar surface area (TPSA) is 41.1 Å². The Morgan fingerprint density at radius 2 is 2.24 bits per heavy atom. The third-order valence-electron chi connectivity index (χ3n) is 3.11. The maximum Gasteiger partial charge on any atom is 0.319 e. The largest absolute Gasteiger partial charge is 0.335 e. The van der Waals surface area contributed by atoms with Crippen molar-refractivity contribution < 1.29 is 4.79 Å². The lowest BCUT2D eigenvalue weighted by Gasteiger charge is -2.13. The SMILES string of the molecule is CC1CCC(NC(=O)Nc2cccc(Cl)c2)C1. The number of hydrogen-bond acceptors (Lipinski definition) is 1. The molecule has 1 saturated carbocycles. The molecule has 92 valence electrons. The molecule has 0 radical (unpaired) electrons. The lowest BCUT2D eigenvalue weighted by molar-refractivity contribution is 0.248. The molecule has 1 aliphatic carbocycles. The van der Waals surface area contributed by atoms with Gasteiger partial charge in [0.05, 0.1) is 0 Å². The van der Waals surface area contributed by atoms with Gasteiger partial charge in [-0.3, -0.25) is 0 Å². The van der Waals surface area contributed by atoms with Gasteiger partial charge in [-0.15, -0.1) is 0 Å². The predicted molar refractivity (Wildman–Crippen MR) is 70.4 cm³/mol. The molecule has 1 aromatic rings. The van der Waals surface area contributed by atoms with Crippen LogP contribution in [0.25, 0.3) is 0 Å². The molecular weight excluding hydrogens is 236 g/mol. The standard InChI is InChI=1S/C13H17ClN2O/c1-9-5-6-12(7-9)16-13(17)15-11-4-2-3-10(14)8-11/h2-4,8-9,12H,5-7H2,1H3,(H2,15,16,17). The monoisotopic (exact) mass is 252 g/mol. The first-order valence-electron chi connectivity index (χ1n) is 5.96. The molecule has 3 nitrogen and oxygen atoms in total. The van der Waals surface area contributed by atoms with Gasteiger partial charge in [0.1, 0.15) is 0 Å². The molecule has 1 fully saturated rings. The fourth-order valence-corrected chi connectivity index (χ4v) is 2.45. The third-order valence-corrected chi connectivity index (χ3v) is 3.35. The number of amides is 2. The van der Waals surface area contributed by atoms with Crippen LogP contribution in [0.3, 0.4) is 0 Å². The molecule has 4 heteroatoms. The molecule has 0 aromatic heterocycles. The van der Waals surface area contributed by atoms with Gasteiger partial charge in [0.15, 0.2) is 0 Å². The molecule has 2 N–H and O–H groups in total. The Balaban J connectivity index is 1.85. The van der Waals surface area contributed by atoms with E-state index < -0.39 is 0 Å². The summed E-state index contributed by atoms with van der Waals surface area (Å²) in [7, 11) is 0. The molecule has 0 spiro atoms. The highest BCUT2D eigenvalue weighted by Crippen LogP contribution is 2.24. The van der Waals surface area contributed by atoms with Gasteiger partial charge in [0, 0.05) is 16.8 Å². The molecule has 2 rings (SSSR count). The maximum absolute atomic E-state index is 11.7. The summed E-state index contributed by atoms with van der Waals surface area (Å²) < 4.78 is 0. The van der Waals surface area contributed by atoms with E-state index in [1.807, 2.05) is 12.1 Å². The lowest BCUT2D eigenvalue weighted by atomic mass is 10.1. The van der Waals surface area contributed by atoms with Crippen molar-refractivity contribution in [1.29, 1.82) is 0 Å². The number of carbonyl (C=O) groups is 1. The van der Waals surface area contributed by atoms with E-state index in [1.54, 1.807) is 12.1 Å². The quantitative estimate of drug-likeness (QED) is 0.829. The van der Waals surface area contributed by atoms with E-state index in [0.717, 1.165) is 18.5 Å². The van der Waals surface area contributed by atoms with Crippen molar-refractivity contribution in [2.75, 3.05) is 5.32 Å². The number of carbonyl (C=O) groups excluding carboxylic acids is 1. The van der Waals surface area contributed by atoms with E-state index in [2.05, 4.69) is 17.6 Å². The van der Waals surface area contributed by atoms with Crippen LogP contribution in [0.4, 0.5) is 10.5 Å².